The monoisotopic (exact) mass is 1550 g/mol. The fraction of sp³-hybridized carbons (Fsp3) is 0.346. The number of hydrogen-bond acceptors (Lipinski definition) is 19. The van der Waals surface area contributed by atoms with Crippen LogP contribution in [0.1, 0.15) is 118 Å². The highest BCUT2D eigenvalue weighted by molar-refractivity contribution is 7.13. The number of rotatable bonds is 18. The van der Waals surface area contributed by atoms with E-state index in [1.807, 2.05) is 132 Å². The van der Waals surface area contributed by atoms with E-state index in [4.69, 9.17) is 59.5 Å². The molecule has 5 amide bonds. The number of carbonyl (C=O) groups excluding carboxylic acids is 5. The van der Waals surface area contributed by atoms with E-state index in [1.165, 1.54) is 16.2 Å². The molecule has 0 spiro atoms. The van der Waals surface area contributed by atoms with E-state index in [9.17, 15) is 44.1 Å². The maximum atomic E-state index is 13.6. The molecule has 5 aliphatic rings. The number of likely N-dealkylation sites (tertiary alicyclic amines) is 3. The molecule has 5 saturated heterocycles. The molecule has 0 saturated carbocycles. The molecule has 0 radical (unpaired) electrons. The van der Waals surface area contributed by atoms with Gasteiger partial charge in [-0.2, -0.15) is 0 Å². The van der Waals surface area contributed by atoms with Crippen LogP contribution in [0.2, 0.25) is 15.1 Å². The highest BCUT2D eigenvalue weighted by Crippen LogP contribution is 2.40. The smallest absolute Gasteiger partial charge is 0.336 e. The number of carbonyl (C=O) groups is 6. The Morgan fingerprint density at radius 2 is 0.858 bits per heavy atom. The molecule has 556 valence electrons. The fourth-order valence-electron chi connectivity index (χ4n) is 13.3. The first-order chi connectivity index (χ1) is 50.9. The van der Waals surface area contributed by atoms with Crippen molar-refractivity contribution in [2.24, 2.45) is 5.73 Å². The summed E-state index contributed by atoms with van der Waals surface area (Å²) < 4.78 is 22.8. The number of benzene rings is 6. The number of halogens is 3. The van der Waals surface area contributed by atoms with Crippen molar-refractivity contribution in [3.63, 3.8) is 0 Å². The highest BCUT2D eigenvalue weighted by atomic mass is 35.5. The number of nitrogens with two attached hydrogens (primary N) is 1. The summed E-state index contributed by atoms with van der Waals surface area (Å²) in [5.74, 6) is -5.80. The molecule has 106 heavy (non-hydrogen) atoms. The lowest BCUT2D eigenvalue weighted by atomic mass is 10.0. The lowest BCUT2D eigenvalue weighted by molar-refractivity contribution is -0.167. The van der Waals surface area contributed by atoms with Gasteiger partial charge in [-0.15, -0.1) is 34.0 Å². The lowest BCUT2D eigenvalue weighted by Crippen LogP contribution is -2.50. The van der Waals surface area contributed by atoms with E-state index >= 15 is 0 Å². The molecule has 5 aliphatic heterocycles. The van der Waals surface area contributed by atoms with Gasteiger partial charge in [-0.25, -0.2) is 19.7 Å². The lowest BCUT2D eigenvalue weighted by Gasteiger charge is -2.28. The van der Waals surface area contributed by atoms with Crippen LogP contribution in [0.5, 0.6) is 0 Å². The predicted octanol–water partition coefficient (Wildman–Crippen LogP) is 13.0. The first-order valence-corrected chi connectivity index (χ1v) is 38.4. The molecule has 8 heterocycles. The van der Waals surface area contributed by atoms with Crippen LogP contribution < -0.4 is 16.4 Å². The van der Waals surface area contributed by atoms with Gasteiger partial charge in [0.25, 0.3) is 29.5 Å². The standard InChI is InChI=1S/C27H28ClN3O4S.C24H24ClN3O4S.C17H20ClNO5.C10H10N2S/c1-27(2)34-22(24(32)30-16-17-8-10-18(11-9-17)25-29-12-14-36-25)23(35-27)26(33)31-13-4-7-21(31)19-5-3-6-20(28)15-19;25-18-4-1-3-17(13-18)19-5-2-11-28(19)24(32)21(30)20(29)22(31)27-14-15-6-8-16(9-7-15)23-26-10-12-33-23;1-17(2)23-13(14(24-17)16(21)22)15(20)19-8-4-7-12(19)10-5-3-6-11(18)9-10;11-7-8-1-3-9(4-2-8)10-12-5-6-13-10/h3,5-6,8-12,14-15,21-23H,4,7,13,16H2,1-2H3,(H,30,32);1,3-4,6-10,12-13,19-21,29-30H,2,5,11,14H2,(H,27,31);3,5-6,9,12-14H,4,7-8H2,1-2H3,(H,21,22);1-6H,7,11H2/t21?,22-,23-;19?,20-,21-;12?,13-,14-;/m111./s1. The van der Waals surface area contributed by atoms with E-state index in [1.54, 1.807) is 96.8 Å². The van der Waals surface area contributed by atoms with Gasteiger partial charge < -0.3 is 65.3 Å². The zero-order valence-corrected chi connectivity index (χ0v) is 63.3. The van der Waals surface area contributed by atoms with Gasteiger partial charge >= 0.3 is 5.97 Å². The Kier molecular flexibility index (Phi) is 26.7. The van der Waals surface area contributed by atoms with Gasteiger partial charge in [0, 0.05) is 106 Å². The van der Waals surface area contributed by atoms with Crippen LogP contribution in [0.15, 0.2) is 180 Å². The van der Waals surface area contributed by atoms with E-state index in [-0.39, 0.29) is 42.4 Å². The number of ether oxygens (including phenoxy) is 4. The van der Waals surface area contributed by atoms with Crippen molar-refractivity contribution in [1.29, 1.82) is 0 Å². The second kappa shape index (κ2) is 36.0. The minimum atomic E-state index is -1.87. The second-order valence-electron chi connectivity index (χ2n) is 26.7. The number of thiazole rings is 3. The SMILES string of the molecule is CC1(C)O[C@@H](C(=O)NCc2ccc(-c3nccs3)cc2)[C@H](C(=O)N2CCCC2c2cccc(Cl)c2)O1.CC1(C)O[C@@H](C(=O)O)[C@H](C(=O)N2CCCC2c2cccc(Cl)c2)O1.NCc1ccc(-c2nccs2)cc1.O=C(NCc1ccc(-c2nccs2)cc1)[C@H](O)[C@@H](O)C(=O)N1CCCC1c1cccc(Cl)c1. The third-order valence-electron chi connectivity index (χ3n) is 18.4. The number of amides is 5. The molecule has 3 aromatic heterocycles. The maximum Gasteiger partial charge on any atom is 0.336 e. The number of aliphatic hydroxyl groups excluding tert-OH is 2. The summed E-state index contributed by atoms with van der Waals surface area (Å²) in [6.07, 6.45) is 1.94. The molecular formula is C78H82Cl3N9O13S3. The van der Waals surface area contributed by atoms with Gasteiger partial charge in [0.2, 0.25) is 0 Å². The van der Waals surface area contributed by atoms with E-state index in [2.05, 4.69) is 37.7 Å². The number of hydrogen-bond donors (Lipinski definition) is 6. The normalized spacial score (nSPS) is 21.1. The molecular weight excluding hydrogens is 1470 g/mol. The summed E-state index contributed by atoms with van der Waals surface area (Å²) in [7, 11) is 0. The van der Waals surface area contributed by atoms with Gasteiger partial charge in [0.05, 0.1) is 18.1 Å². The molecule has 6 aromatic carbocycles. The minimum Gasteiger partial charge on any atom is -0.479 e. The average molecular weight is 1560 g/mol. The van der Waals surface area contributed by atoms with Crippen molar-refractivity contribution < 1.29 is 63.0 Å². The second-order valence-corrected chi connectivity index (χ2v) is 30.7. The Bertz CT molecular complexity index is 4450. The summed E-state index contributed by atoms with van der Waals surface area (Å²) in [5.41, 5.74) is 14.4. The third kappa shape index (κ3) is 20.1. The van der Waals surface area contributed by atoms with E-state index in [0.717, 1.165) is 104 Å². The molecule has 9 aromatic rings. The van der Waals surface area contributed by atoms with Gasteiger partial charge in [0.1, 0.15) is 15.0 Å². The Labute approximate surface area is 641 Å². The topological polar surface area (TPSA) is 299 Å². The summed E-state index contributed by atoms with van der Waals surface area (Å²) in [4.78, 5) is 94.3. The van der Waals surface area contributed by atoms with Gasteiger partial charge in [-0.1, -0.05) is 144 Å². The zero-order valence-electron chi connectivity index (χ0n) is 58.5. The molecule has 7 N–H and O–H groups in total. The van der Waals surface area contributed by atoms with Crippen molar-refractivity contribution in [2.45, 2.75) is 152 Å². The summed E-state index contributed by atoms with van der Waals surface area (Å²) in [6, 6.07) is 45.2. The van der Waals surface area contributed by atoms with Gasteiger partial charge in [0.15, 0.2) is 48.2 Å². The molecule has 14 rings (SSSR count). The zero-order chi connectivity index (χ0) is 75.2. The summed E-state index contributed by atoms with van der Waals surface area (Å²) in [5, 5.41) is 46.1. The quantitative estimate of drug-likeness (QED) is 0.0465. The Balaban J connectivity index is 0.000000148. The van der Waals surface area contributed by atoms with Crippen molar-refractivity contribution in [1.82, 2.24) is 40.3 Å². The number of carboxylic acids is 1. The minimum absolute atomic E-state index is 0.108. The first kappa shape index (κ1) is 78.7. The number of carboxylic acid groups (broad SMARTS) is 1. The van der Waals surface area contributed by atoms with Crippen molar-refractivity contribution >= 4 is 104 Å². The largest absolute Gasteiger partial charge is 0.479 e. The highest BCUT2D eigenvalue weighted by Gasteiger charge is 2.53. The Hall–Kier alpha value is -8.38. The maximum absolute atomic E-state index is 13.6. The van der Waals surface area contributed by atoms with Gasteiger partial charge in [-0.05, 0) is 136 Å². The van der Waals surface area contributed by atoms with Crippen molar-refractivity contribution in [2.75, 3.05) is 19.6 Å². The van der Waals surface area contributed by atoms with Crippen molar-refractivity contribution in [3.8, 4) is 31.7 Å². The molecule has 5 fully saturated rings. The summed E-state index contributed by atoms with van der Waals surface area (Å²) >= 11 is 23.1. The van der Waals surface area contributed by atoms with Crippen LogP contribution in [0.3, 0.4) is 0 Å². The van der Waals surface area contributed by atoms with E-state index < -0.39 is 66.0 Å². The van der Waals surface area contributed by atoms with Crippen LogP contribution in [0, 0.1) is 0 Å². The molecule has 0 bridgehead atoms. The van der Waals surface area contributed by atoms with Crippen LogP contribution in [0.4, 0.5) is 0 Å². The molecule has 0 aliphatic carbocycles. The number of nitrogens with zero attached hydrogens (tertiary/aromatic N) is 6. The van der Waals surface area contributed by atoms with Crippen LogP contribution in [0.25, 0.3) is 31.7 Å². The first-order valence-electron chi connectivity index (χ1n) is 34.6. The molecule has 28 heteroatoms. The summed E-state index contributed by atoms with van der Waals surface area (Å²) in [6.45, 7) is 9.30. The Morgan fingerprint density at radius 3 is 1.24 bits per heavy atom. The van der Waals surface area contributed by atoms with Crippen LogP contribution in [-0.4, -0.2) is 148 Å². The number of aliphatic carboxylic acids is 1. The Morgan fingerprint density at radius 1 is 0.500 bits per heavy atom. The number of aromatic nitrogens is 3. The average Bonchev–Trinajstić information content (AvgIpc) is 1.66. The van der Waals surface area contributed by atoms with E-state index in [0.29, 0.717) is 47.8 Å². The number of nitrogens with one attached hydrogen (secondary N) is 2. The number of aliphatic hydroxyl groups is 2. The predicted molar refractivity (Wildman–Crippen MR) is 407 cm³/mol. The molecule has 3 unspecified atom stereocenters. The molecule has 9 atom stereocenters. The fourth-order valence-corrected chi connectivity index (χ4v) is 15.8. The van der Waals surface area contributed by atoms with Gasteiger partial charge in [-0.3, -0.25) is 24.0 Å². The van der Waals surface area contributed by atoms with Crippen LogP contribution in [-0.2, 0) is 67.3 Å². The third-order valence-corrected chi connectivity index (χ3v) is 21.6. The van der Waals surface area contributed by atoms with Crippen molar-refractivity contribution in [3.05, 3.63) is 229 Å². The molecule has 22 nitrogen and oxygen atoms in total. The van der Waals surface area contributed by atoms with Crippen LogP contribution >= 0.6 is 68.8 Å².